The molecular weight excluding hydrogens is 414 g/mol. The molecule has 6 heteroatoms. The number of aromatic nitrogens is 1. The number of benzene rings is 2. The molecule has 3 heterocycles. The Morgan fingerprint density at radius 3 is 2.64 bits per heavy atom. The second-order valence-corrected chi connectivity index (χ2v) is 9.44. The number of hydrogen-bond acceptors (Lipinski definition) is 5. The van der Waals surface area contributed by atoms with Gasteiger partial charge in [-0.1, -0.05) is 30.3 Å². The van der Waals surface area contributed by atoms with Crippen LogP contribution in [0.5, 0.6) is 0 Å². The van der Waals surface area contributed by atoms with Crippen molar-refractivity contribution in [1.82, 2.24) is 14.8 Å². The zero-order valence-corrected chi connectivity index (χ0v) is 19.2. The average Bonchev–Trinajstić information content (AvgIpc) is 3.26. The summed E-state index contributed by atoms with van der Waals surface area (Å²) in [5.41, 5.74) is 3.50. The number of carbonyl (C=O) groups excluding carboxylic acids is 1. The van der Waals surface area contributed by atoms with E-state index in [0.29, 0.717) is 11.6 Å². The smallest absolute Gasteiger partial charge is 0.253 e. The Balaban J connectivity index is 1.17. The third-order valence-electron chi connectivity index (χ3n) is 7.07. The predicted octanol–water partition coefficient (Wildman–Crippen LogP) is 4.06. The summed E-state index contributed by atoms with van der Waals surface area (Å²) in [6, 6.07) is 16.5. The highest BCUT2D eigenvalue weighted by Crippen LogP contribution is 2.24. The maximum atomic E-state index is 13.1. The minimum absolute atomic E-state index is 0.0719. The summed E-state index contributed by atoms with van der Waals surface area (Å²) in [5.74, 6) is 0.803. The lowest BCUT2D eigenvalue weighted by Crippen LogP contribution is -2.50. The van der Waals surface area contributed by atoms with Crippen molar-refractivity contribution >= 4 is 17.0 Å². The highest BCUT2D eigenvalue weighted by Gasteiger charge is 2.30. The summed E-state index contributed by atoms with van der Waals surface area (Å²) in [7, 11) is 0. The van der Waals surface area contributed by atoms with Gasteiger partial charge in [0.1, 0.15) is 5.52 Å². The molecule has 0 bridgehead atoms. The molecule has 1 atom stereocenters. The van der Waals surface area contributed by atoms with Crippen LogP contribution in [0.2, 0.25) is 0 Å². The van der Waals surface area contributed by atoms with Gasteiger partial charge in [-0.2, -0.15) is 0 Å². The minimum atomic E-state index is -0.198. The van der Waals surface area contributed by atoms with E-state index in [2.05, 4.69) is 34.1 Å². The SMILES string of the molecule is O=C(c1ccc2oc(CCCc3ccccc3)nc2c1)N1CCC(N2CCCC(O)C2)CC1. The molecule has 2 aliphatic heterocycles. The number of aryl methyl sites for hydroxylation is 2. The summed E-state index contributed by atoms with van der Waals surface area (Å²) < 4.78 is 5.91. The molecule has 0 saturated carbocycles. The molecule has 6 nitrogen and oxygen atoms in total. The second kappa shape index (κ2) is 10.1. The lowest BCUT2D eigenvalue weighted by atomic mass is 9.98. The Labute approximate surface area is 195 Å². The molecule has 2 saturated heterocycles. The number of oxazole rings is 1. The molecule has 1 N–H and O–H groups in total. The first kappa shape index (κ1) is 22.1. The first-order valence-corrected chi connectivity index (χ1v) is 12.3. The fraction of sp³-hybridized carbons (Fsp3) is 0.481. The first-order valence-electron chi connectivity index (χ1n) is 12.3. The van der Waals surface area contributed by atoms with Crippen LogP contribution in [0.15, 0.2) is 52.9 Å². The van der Waals surface area contributed by atoms with Crippen LogP contribution in [0, 0.1) is 0 Å². The number of β-amino-alcohol motifs (C(OH)–C–C–N with tert-alkyl or cyclic N) is 1. The molecular formula is C27H33N3O3. The molecule has 2 aliphatic rings. The van der Waals surface area contributed by atoms with Gasteiger partial charge >= 0.3 is 0 Å². The van der Waals surface area contributed by atoms with Crippen LogP contribution in [-0.2, 0) is 12.8 Å². The quantitative estimate of drug-likeness (QED) is 0.617. The number of aliphatic hydroxyl groups excluding tert-OH is 1. The number of rotatable bonds is 6. The van der Waals surface area contributed by atoms with Crippen LogP contribution in [0.3, 0.4) is 0 Å². The van der Waals surface area contributed by atoms with Crippen LogP contribution in [0.1, 0.15) is 53.9 Å². The van der Waals surface area contributed by atoms with Gasteiger partial charge in [-0.05, 0) is 68.8 Å². The van der Waals surface area contributed by atoms with Gasteiger partial charge in [0.15, 0.2) is 11.5 Å². The van der Waals surface area contributed by atoms with E-state index in [4.69, 9.17) is 4.42 Å². The summed E-state index contributed by atoms with van der Waals surface area (Å²) >= 11 is 0. The number of hydrogen-bond donors (Lipinski definition) is 1. The topological polar surface area (TPSA) is 69.8 Å². The summed E-state index contributed by atoms with van der Waals surface area (Å²) in [6.45, 7) is 3.36. The maximum absolute atomic E-state index is 13.1. The van der Waals surface area contributed by atoms with Gasteiger partial charge in [-0.25, -0.2) is 4.98 Å². The van der Waals surface area contributed by atoms with Gasteiger partial charge < -0.3 is 14.4 Å². The van der Waals surface area contributed by atoms with Gasteiger partial charge in [0.25, 0.3) is 5.91 Å². The number of amides is 1. The molecule has 2 aromatic carbocycles. The summed E-state index contributed by atoms with van der Waals surface area (Å²) in [5, 5.41) is 9.97. The Morgan fingerprint density at radius 2 is 1.85 bits per heavy atom. The zero-order valence-electron chi connectivity index (χ0n) is 19.2. The third-order valence-corrected chi connectivity index (χ3v) is 7.07. The Kier molecular flexibility index (Phi) is 6.74. The molecule has 0 radical (unpaired) electrons. The van der Waals surface area contributed by atoms with E-state index >= 15 is 0 Å². The van der Waals surface area contributed by atoms with Gasteiger partial charge in [0.05, 0.1) is 6.10 Å². The number of likely N-dealkylation sites (tertiary alicyclic amines) is 2. The van der Waals surface area contributed by atoms with E-state index in [-0.39, 0.29) is 12.0 Å². The van der Waals surface area contributed by atoms with Gasteiger partial charge in [-0.15, -0.1) is 0 Å². The normalized spacial score (nSPS) is 20.4. The van der Waals surface area contributed by atoms with Crippen LogP contribution < -0.4 is 0 Å². The third kappa shape index (κ3) is 5.28. The highest BCUT2D eigenvalue weighted by molar-refractivity contribution is 5.97. The molecule has 1 aromatic heterocycles. The molecule has 1 unspecified atom stereocenters. The van der Waals surface area contributed by atoms with Crippen molar-refractivity contribution in [3.63, 3.8) is 0 Å². The van der Waals surface area contributed by atoms with E-state index in [1.807, 2.05) is 29.2 Å². The molecule has 5 rings (SSSR count). The fourth-order valence-corrected chi connectivity index (χ4v) is 5.24. The molecule has 2 fully saturated rings. The number of carbonyl (C=O) groups is 1. The summed E-state index contributed by atoms with van der Waals surface area (Å²) in [4.78, 5) is 22.1. The molecule has 174 valence electrons. The predicted molar refractivity (Wildman–Crippen MR) is 128 cm³/mol. The fourth-order valence-electron chi connectivity index (χ4n) is 5.24. The molecule has 0 spiro atoms. The summed E-state index contributed by atoms with van der Waals surface area (Å²) in [6.07, 6.45) is 6.47. The van der Waals surface area contributed by atoms with E-state index in [1.165, 1.54) is 5.56 Å². The van der Waals surface area contributed by atoms with Crippen molar-refractivity contribution in [2.24, 2.45) is 0 Å². The van der Waals surface area contributed by atoms with Crippen molar-refractivity contribution in [2.45, 2.75) is 57.1 Å². The van der Waals surface area contributed by atoms with E-state index in [1.54, 1.807) is 0 Å². The molecule has 0 aliphatic carbocycles. The van der Waals surface area contributed by atoms with Crippen molar-refractivity contribution in [3.05, 3.63) is 65.5 Å². The van der Waals surface area contributed by atoms with Crippen molar-refractivity contribution in [1.29, 1.82) is 0 Å². The van der Waals surface area contributed by atoms with Gasteiger partial charge in [0, 0.05) is 37.7 Å². The lowest BCUT2D eigenvalue weighted by Gasteiger charge is -2.41. The monoisotopic (exact) mass is 447 g/mol. The Hall–Kier alpha value is -2.70. The van der Waals surface area contributed by atoms with Gasteiger partial charge in [-0.3, -0.25) is 9.69 Å². The van der Waals surface area contributed by atoms with E-state index in [0.717, 1.165) is 88.1 Å². The van der Waals surface area contributed by atoms with Crippen molar-refractivity contribution < 1.29 is 14.3 Å². The number of fused-ring (bicyclic) bond motifs is 1. The number of nitrogens with zero attached hydrogens (tertiary/aromatic N) is 3. The average molecular weight is 448 g/mol. The Morgan fingerprint density at radius 1 is 1.03 bits per heavy atom. The number of piperidine rings is 2. The van der Waals surface area contributed by atoms with Gasteiger partial charge in [0.2, 0.25) is 0 Å². The lowest BCUT2D eigenvalue weighted by molar-refractivity contribution is 0.0241. The van der Waals surface area contributed by atoms with E-state index < -0.39 is 0 Å². The zero-order chi connectivity index (χ0) is 22.6. The highest BCUT2D eigenvalue weighted by atomic mass is 16.3. The molecule has 3 aromatic rings. The largest absolute Gasteiger partial charge is 0.441 e. The maximum Gasteiger partial charge on any atom is 0.253 e. The second-order valence-electron chi connectivity index (χ2n) is 9.44. The van der Waals surface area contributed by atoms with Crippen LogP contribution in [-0.4, -0.2) is 64.1 Å². The standard InChI is InChI=1S/C27H33N3O3/c31-23-9-5-15-30(19-23)22-13-16-29(17-14-22)27(32)21-11-12-25-24(18-21)28-26(33-25)10-4-8-20-6-2-1-3-7-20/h1-3,6-7,11-12,18,22-23,31H,4-5,8-10,13-17,19H2. The van der Waals surface area contributed by atoms with Crippen molar-refractivity contribution in [2.75, 3.05) is 26.2 Å². The van der Waals surface area contributed by atoms with Crippen LogP contribution in [0.4, 0.5) is 0 Å². The first-order chi connectivity index (χ1) is 16.2. The van der Waals surface area contributed by atoms with Crippen LogP contribution in [0.25, 0.3) is 11.1 Å². The number of aliphatic hydroxyl groups is 1. The van der Waals surface area contributed by atoms with Crippen LogP contribution >= 0.6 is 0 Å². The Bertz CT molecular complexity index is 1070. The van der Waals surface area contributed by atoms with Crippen molar-refractivity contribution in [3.8, 4) is 0 Å². The van der Waals surface area contributed by atoms with E-state index in [9.17, 15) is 9.90 Å². The molecule has 1 amide bonds. The minimum Gasteiger partial charge on any atom is -0.441 e. The molecule has 33 heavy (non-hydrogen) atoms.